The molecular weight excluding hydrogens is 354 g/mol. The molecule has 0 N–H and O–H groups in total. The number of ether oxygens (including phenoxy) is 1. The Balaban J connectivity index is 1.11. The molecule has 2 saturated heterocycles. The molecule has 28 heavy (non-hydrogen) atoms. The number of hydrogen-bond acceptors (Lipinski definition) is 6. The number of anilines is 1. The van der Waals surface area contributed by atoms with Crippen molar-refractivity contribution in [3.63, 3.8) is 0 Å². The van der Waals surface area contributed by atoms with Gasteiger partial charge in [0.25, 0.3) is 0 Å². The van der Waals surface area contributed by atoms with Crippen LogP contribution in [0.1, 0.15) is 5.56 Å². The van der Waals surface area contributed by atoms with E-state index < -0.39 is 0 Å². The minimum atomic E-state index is -0.0528. The molecule has 3 aliphatic heterocycles. The highest BCUT2D eigenvalue weighted by Gasteiger charge is 2.39. The lowest BCUT2D eigenvalue weighted by Gasteiger charge is -2.49. The van der Waals surface area contributed by atoms with Gasteiger partial charge in [-0.15, -0.1) is 0 Å². The quantitative estimate of drug-likeness (QED) is 0.795. The third-order valence-electron chi connectivity index (χ3n) is 6.07. The maximum Gasteiger partial charge on any atom is 0.229 e. The molecule has 1 amide bonds. The first-order valence-electron chi connectivity index (χ1n) is 10.0. The molecule has 0 spiro atoms. The fourth-order valence-electron chi connectivity index (χ4n) is 4.35. The van der Waals surface area contributed by atoms with Crippen LogP contribution in [0.15, 0.2) is 42.7 Å². The zero-order valence-corrected chi connectivity index (χ0v) is 15.9. The van der Waals surface area contributed by atoms with Crippen LogP contribution >= 0.6 is 0 Å². The maximum absolute atomic E-state index is 12.9. The van der Waals surface area contributed by atoms with Crippen LogP contribution in [0.4, 0.5) is 5.95 Å². The molecule has 2 aromatic rings. The lowest BCUT2D eigenvalue weighted by atomic mass is 9.93. The smallest absolute Gasteiger partial charge is 0.229 e. The Kier molecular flexibility index (Phi) is 4.60. The van der Waals surface area contributed by atoms with Crippen molar-refractivity contribution >= 4 is 11.9 Å². The van der Waals surface area contributed by atoms with Crippen LogP contribution in [-0.4, -0.2) is 77.6 Å². The Hall–Kier alpha value is -2.67. The number of carbonyl (C=O) groups is 1. The molecule has 7 nitrogen and oxygen atoms in total. The molecule has 2 fully saturated rings. The summed E-state index contributed by atoms with van der Waals surface area (Å²) in [6.45, 7) is 6.00. The van der Waals surface area contributed by atoms with Gasteiger partial charge < -0.3 is 14.5 Å². The standard InChI is InChI=1S/C21H25N5O2/c27-20(17-12-16-4-1-2-5-19(16)28-15-17)26-13-18(14-26)24-8-10-25(11-9-24)21-22-6-3-7-23-21/h1-7,17-18H,8-15H2. The van der Waals surface area contributed by atoms with Crippen molar-refractivity contribution in [1.29, 1.82) is 0 Å². The Morgan fingerprint density at radius 3 is 2.54 bits per heavy atom. The van der Waals surface area contributed by atoms with Gasteiger partial charge in [0.15, 0.2) is 0 Å². The summed E-state index contributed by atoms with van der Waals surface area (Å²) in [7, 11) is 0. The first-order valence-corrected chi connectivity index (χ1v) is 10.0. The van der Waals surface area contributed by atoms with Crippen molar-refractivity contribution in [2.75, 3.05) is 50.8 Å². The lowest BCUT2D eigenvalue weighted by Crippen LogP contribution is -2.65. The van der Waals surface area contributed by atoms with E-state index in [0.717, 1.165) is 63.0 Å². The van der Waals surface area contributed by atoms with Gasteiger partial charge in [-0.05, 0) is 24.1 Å². The molecule has 1 aromatic heterocycles. The second kappa shape index (κ2) is 7.39. The van der Waals surface area contributed by atoms with Crippen LogP contribution < -0.4 is 9.64 Å². The minimum Gasteiger partial charge on any atom is -0.492 e. The van der Waals surface area contributed by atoms with Crippen molar-refractivity contribution in [1.82, 2.24) is 19.8 Å². The normalized spacial score (nSPS) is 22.9. The van der Waals surface area contributed by atoms with Crippen LogP contribution in [0.25, 0.3) is 0 Å². The van der Waals surface area contributed by atoms with Crippen LogP contribution in [-0.2, 0) is 11.2 Å². The summed E-state index contributed by atoms with van der Waals surface area (Å²) in [5.74, 6) is 1.92. The number of likely N-dealkylation sites (tertiary alicyclic amines) is 1. The fourth-order valence-corrected chi connectivity index (χ4v) is 4.35. The SMILES string of the molecule is O=C(C1COc2ccccc2C1)N1CC(N2CCN(c3ncccn3)CC2)C1. The summed E-state index contributed by atoms with van der Waals surface area (Å²) in [4.78, 5) is 28.3. The van der Waals surface area contributed by atoms with Crippen LogP contribution in [0.5, 0.6) is 5.75 Å². The largest absolute Gasteiger partial charge is 0.492 e. The molecular formula is C21H25N5O2. The average molecular weight is 379 g/mol. The minimum absolute atomic E-state index is 0.0528. The Labute approximate surface area is 164 Å². The number of rotatable bonds is 3. The molecule has 0 radical (unpaired) electrons. The van der Waals surface area contributed by atoms with E-state index in [0.29, 0.717) is 12.6 Å². The van der Waals surface area contributed by atoms with E-state index in [-0.39, 0.29) is 11.8 Å². The molecule has 4 heterocycles. The molecule has 7 heteroatoms. The molecule has 5 rings (SSSR count). The topological polar surface area (TPSA) is 61.8 Å². The molecule has 0 bridgehead atoms. The van der Waals surface area contributed by atoms with Gasteiger partial charge in [0.1, 0.15) is 12.4 Å². The lowest BCUT2D eigenvalue weighted by molar-refractivity contribution is -0.144. The van der Waals surface area contributed by atoms with E-state index in [1.54, 1.807) is 12.4 Å². The number of nitrogens with zero attached hydrogens (tertiary/aromatic N) is 5. The summed E-state index contributed by atoms with van der Waals surface area (Å²) >= 11 is 0. The molecule has 3 aliphatic rings. The molecule has 1 atom stereocenters. The van der Waals surface area contributed by atoms with Crippen LogP contribution in [0.3, 0.4) is 0 Å². The number of hydrogen-bond donors (Lipinski definition) is 0. The fraction of sp³-hybridized carbons (Fsp3) is 0.476. The van der Waals surface area contributed by atoms with Crippen molar-refractivity contribution in [3.05, 3.63) is 48.3 Å². The third-order valence-corrected chi connectivity index (χ3v) is 6.07. The van der Waals surface area contributed by atoms with Gasteiger partial charge in [-0.2, -0.15) is 0 Å². The number of para-hydroxylation sites is 1. The van der Waals surface area contributed by atoms with E-state index >= 15 is 0 Å². The van der Waals surface area contributed by atoms with Gasteiger partial charge in [-0.1, -0.05) is 18.2 Å². The van der Waals surface area contributed by atoms with E-state index in [4.69, 9.17) is 4.74 Å². The third kappa shape index (κ3) is 3.30. The van der Waals surface area contributed by atoms with Gasteiger partial charge in [0.2, 0.25) is 11.9 Å². The maximum atomic E-state index is 12.9. The predicted octanol–water partition coefficient (Wildman–Crippen LogP) is 1.06. The van der Waals surface area contributed by atoms with Crippen molar-refractivity contribution < 1.29 is 9.53 Å². The summed E-state index contributed by atoms with van der Waals surface area (Å²) in [5, 5.41) is 0. The first kappa shape index (κ1) is 17.4. The molecule has 1 aromatic carbocycles. The highest BCUT2D eigenvalue weighted by Crippen LogP contribution is 2.29. The van der Waals surface area contributed by atoms with Crippen LogP contribution in [0, 0.1) is 5.92 Å². The molecule has 1 unspecified atom stereocenters. The van der Waals surface area contributed by atoms with Gasteiger partial charge in [0, 0.05) is 57.7 Å². The monoisotopic (exact) mass is 379 g/mol. The van der Waals surface area contributed by atoms with E-state index in [9.17, 15) is 4.79 Å². The second-order valence-corrected chi connectivity index (χ2v) is 7.79. The summed E-state index contributed by atoms with van der Waals surface area (Å²) in [5.41, 5.74) is 1.14. The Morgan fingerprint density at radius 1 is 1.00 bits per heavy atom. The number of benzene rings is 1. The number of amides is 1. The second-order valence-electron chi connectivity index (χ2n) is 7.79. The van der Waals surface area contributed by atoms with Crippen molar-refractivity contribution in [3.8, 4) is 5.75 Å². The zero-order valence-electron chi connectivity index (χ0n) is 15.9. The number of carbonyl (C=O) groups excluding carboxylic acids is 1. The van der Waals surface area contributed by atoms with Crippen molar-refractivity contribution in [2.24, 2.45) is 5.92 Å². The zero-order chi connectivity index (χ0) is 18.9. The van der Waals surface area contributed by atoms with E-state index in [2.05, 4.69) is 25.8 Å². The summed E-state index contributed by atoms with van der Waals surface area (Å²) in [6, 6.07) is 10.3. The van der Waals surface area contributed by atoms with Gasteiger partial charge >= 0.3 is 0 Å². The van der Waals surface area contributed by atoms with E-state index in [1.807, 2.05) is 29.2 Å². The van der Waals surface area contributed by atoms with Gasteiger partial charge in [-0.25, -0.2) is 9.97 Å². The van der Waals surface area contributed by atoms with Crippen LogP contribution in [0.2, 0.25) is 0 Å². The average Bonchev–Trinajstić information content (AvgIpc) is 2.73. The summed E-state index contributed by atoms with van der Waals surface area (Å²) in [6.07, 6.45) is 4.36. The number of aromatic nitrogens is 2. The highest BCUT2D eigenvalue weighted by atomic mass is 16.5. The van der Waals surface area contributed by atoms with Crippen molar-refractivity contribution in [2.45, 2.75) is 12.5 Å². The molecule has 0 saturated carbocycles. The van der Waals surface area contributed by atoms with Gasteiger partial charge in [-0.3, -0.25) is 9.69 Å². The molecule has 146 valence electrons. The number of fused-ring (bicyclic) bond motifs is 1. The molecule has 0 aliphatic carbocycles. The number of piperazine rings is 1. The summed E-state index contributed by atoms with van der Waals surface area (Å²) < 4.78 is 5.80. The van der Waals surface area contributed by atoms with Gasteiger partial charge in [0.05, 0.1) is 5.92 Å². The van der Waals surface area contributed by atoms with E-state index in [1.165, 1.54) is 0 Å². The Morgan fingerprint density at radius 2 is 1.75 bits per heavy atom. The highest BCUT2D eigenvalue weighted by molar-refractivity contribution is 5.80. The predicted molar refractivity (Wildman–Crippen MR) is 105 cm³/mol. The Bertz CT molecular complexity index is 832. The first-order chi connectivity index (χ1) is 13.8.